The van der Waals surface area contributed by atoms with E-state index in [1.54, 1.807) is 11.3 Å². The second-order valence-electron chi connectivity index (χ2n) is 6.00. The quantitative estimate of drug-likeness (QED) is 0.759. The van der Waals surface area contributed by atoms with Gasteiger partial charge in [-0.2, -0.15) is 4.98 Å². The second kappa shape index (κ2) is 5.77. The molecule has 2 aromatic rings. The van der Waals surface area contributed by atoms with Crippen molar-refractivity contribution < 1.29 is 5.11 Å². The van der Waals surface area contributed by atoms with E-state index >= 15 is 0 Å². The predicted octanol–water partition coefficient (Wildman–Crippen LogP) is 3.08. The third-order valence-electron chi connectivity index (χ3n) is 4.15. The summed E-state index contributed by atoms with van der Waals surface area (Å²) in [7, 11) is 0. The molecule has 0 spiro atoms. The fraction of sp³-hybridized carbons (Fsp3) is 0.600. The minimum atomic E-state index is -0.631. The summed E-state index contributed by atoms with van der Waals surface area (Å²) < 4.78 is 0. The van der Waals surface area contributed by atoms with E-state index in [2.05, 4.69) is 21.4 Å². The van der Waals surface area contributed by atoms with Crippen LogP contribution in [0.4, 0.5) is 11.8 Å². The maximum atomic E-state index is 10.7. The molecule has 0 unspecified atom stereocenters. The molecule has 0 radical (unpaired) electrons. The molecular formula is C15H22N4OS. The Morgan fingerprint density at radius 2 is 2.00 bits per heavy atom. The van der Waals surface area contributed by atoms with Crippen LogP contribution >= 0.6 is 11.3 Å². The Kier molecular flexibility index (Phi) is 3.99. The third-order valence-corrected chi connectivity index (χ3v) is 5.10. The highest BCUT2D eigenvalue weighted by Gasteiger charge is 2.28. The van der Waals surface area contributed by atoms with Crippen molar-refractivity contribution in [1.82, 2.24) is 9.97 Å². The number of hydrogen-bond donors (Lipinski definition) is 3. The number of nitrogen functional groups attached to an aromatic ring is 1. The lowest BCUT2D eigenvalue weighted by Gasteiger charge is -2.27. The van der Waals surface area contributed by atoms with Gasteiger partial charge in [0.1, 0.15) is 10.6 Å². The fourth-order valence-electron chi connectivity index (χ4n) is 3.00. The van der Waals surface area contributed by atoms with Crippen LogP contribution in [0.25, 0.3) is 10.2 Å². The van der Waals surface area contributed by atoms with Crippen LogP contribution in [0.5, 0.6) is 0 Å². The predicted molar refractivity (Wildman–Crippen MR) is 87.7 cm³/mol. The van der Waals surface area contributed by atoms with Gasteiger partial charge >= 0.3 is 0 Å². The van der Waals surface area contributed by atoms with Gasteiger partial charge in [0, 0.05) is 11.4 Å². The number of nitrogens with two attached hydrogens (primary N) is 1. The van der Waals surface area contributed by atoms with Crippen molar-refractivity contribution in [3.8, 4) is 0 Å². The summed E-state index contributed by atoms with van der Waals surface area (Å²) in [6.45, 7) is 2.57. The van der Waals surface area contributed by atoms with Crippen molar-refractivity contribution in [2.24, 2.45) is 0 Å². The number of hydrogen-bond acceptors (Lipinski definition) is 6. The second-order valence-corrected chi connectivity index (χ2v) is 7.23. The molecule has 6 heteroatoms. The van der Waals surface area contributed by atoms with Gasteiger partial charge in [0.25, 0.3) is 0 Å². The average Bonchev–Trinajstić information content (AvgIpc) is 2.66. The molecule has 0 bridgehead atoms. The fourth-order valence-corrected chi connectivity index (χ4v) is 3.89. The lowest BCUT2D eigenvalue weighted by molar-refractivity contribution is 0.0381. The first-order chi connectivity index (χ1) is 10.1. The van der Waals surface area contributed by atoms with Crippen LogP contribution in [-0.4, -0.2) is 27.2 Å². The van der Waals surface area contributed by atoms with E-state index in [9.17, 15) is 5.11 Å². The molecule has 21 heavy (non-hydrogen) atoms. The largest absolute Gasteiger partial charge is 0.388 e. The van der Waals surface area contributed by atoms with Crippen LogP contribution in [0.1, 0.15) is 43.4 Å². The number of aromatic nitrogens is 2. The van der Waals surface area contributed by atoms with Crippen LogP contribution in [0.2, 0.25) is 0 Å². The number of nitrogens with zero attached hydrogens (tertiary/aromatic N) is 2. The lowest BCUT2D eigenvalue weighted by atomic mass is 9.94. The van der Waals surface area contributed by atoms with Crippen molar-refractivity contribution in [3.05, 3.63) is 10.9 Å². The summed E-state index contributed by atoms with van der Waals surface area (Å²) in [5.74, 6) is 1.01. The number of rotatable bonds is 3. The van der Waals surface area contributed by atoms with Gasteiger partial charge in [0.2, 0.25) is 5.95 Å². The molecule has 0 aromatic carbocycles. The molecule has 3 rings (SSSR count). The molecule has 0 amide bonds. The van der Waals surface area contributed by atoms with Gasteiger partial charge in [0.05, 0.1) is 11.0 Å². The number of aryl methyl sites for hydroxylation is 1. The van der Waals surface area contributed by atoms with Gasteiger partial charge in [-0.25, -0.2) is 4.98 Å². The molecule has 2 aromatic heterocycles. The lowest BCUT2D eigenvalue weighted by Crippen LogP contribution is -2.36. The van der Waals surface area contributed by atoms with E-state index in [0.29, 0.717) is 6.54 Å². The highest BCUT2D eigenvalue weighted by Crippen LogP contribution is 2.31. The topological polar surface area (TPSA) is 84.1 Å². The van der Waals surface area contributed by atoms with Crippen LogP contribution in [0.3, 0.4) is 0 Å². The number of nitrogens with one attached hydrogen (secondary N) is 1. The first-order valence-electron chi connectivity index (χ1n) is 7.56. The van der Waals surface area contributed by atoms with E-state index in [1.807, 2.05) is 6.92 Å². The molecule has 0 aliphatic heterocycles. The Bertz CT molecular complexity index is 632. The molecule has 114 valence electrons. The normalized spacial score (nSPS) is 18.6. The van der Waals surface area contributed by atoms with E-state index in [0.717, 1.165) is 41.7 Å². The van der Waals surface area contributed by atoms with Crippen molar-refractivity contribution in [1.29, 1.82) is 0 Å². The summed E-state index contributed by atoms with van der Waals surface area (Å²) in [6.07, 6.45) is 6.33. The van der Waals surface area contributed by atoms with Crippen LogP contribution in [-0.2, 0) is 0 Å². The zero-order chi connectivity index (χ0) is 14.9. The summed E-state index contributed by atoms with van der Waals surface area (Å²) in [5, 5.41) is 15.0. The number of aliphatic hydroxyl groups is 1. The Morgan fingerprint density at radius 3 is 2.71 bits per heavy atom. The summed E-state index contributed by atoms with van der Waals surface area (Å²) >= 11 is 1.61. The Balaban J connectivity index is 1.81. The zero-order valence-corrected chi connectivity index (χ0v) is 13.2. The Hall–Kier alpha value is -1.40. The number of thiophene rings is 1. The monoisotopic (exact) mass is 306 g/mol. The highest BCUT2D eigenvalue weighted by molar-refractivity contribution is 7.18. The summed E-state index contributed by atoms with van der Waals surface area (Å²) in [4.78, 5) is 10.7. The average molecular weight is 306 g/mol. The molecule has 1 aliphatic carbocycles. The number of anilines is 2. The molecule has 1 aliphatic rings. The van der Waals surface area contributed by atoms with Gasteiger partial charge < -0.3 is 16.2 Å². The van der Waals surface area contributed by atoms with Crippen LogP contribution in [0.15, 0.2) is 6.07 Å². The first-order valence-corrected chi connectivity index (χ1v) is 8.37. The van der Waals surface area contributed by atoms with E-state index in [-0.39, 0.29) is 5.95 Å². The standard InChI is InChI=1S/C15H22N4OS/c1-10-8-11-12(18-14(16)19-13(11)21-10)17-9-15(20)6-4-2-3-5-7-15/h8,20H,2-7,9H2,1H3,(H3,16,17,18,19). The van der Waals surface area contributed by atoms with E-state index < -0.39 is 5.60 Å². The van der Waals surface area contributed by atoms with Gasteiger partial charge in [-0.1, -0.05) is 25.7 Å². The third kappa shape index (κ3) is 3.27. The van der Waals surface area contributed by atoms with Crippen LogP contribution in [0, 0.1) is 6.92 Å². The van der Waals surface area contributed by atoms with Gasteiger partial charge in [-0.05, 0) is 25.8 Å². The van der Waals surface area contributed by atoms with Crippen molar-refractivity contribution >= 4 is 33.3 Å². The minimum Gasteiger partial charge on any atom is -0.388 e. The first kappa shape index (κ1) is 14.5. The van der Waals surface area contributed by atoms with Crippen molar-refractivity contribution in [3.63, 3.8) is 0 Å². The molecule has 1 saturated carbocycles. The molecule has 4 N–H and O–H groups in total. The Labute approximate surface area is 128 Å². The maximum absolute atomic E-state index is 10.7. The summed E-state index contributed by atoms with van der Waals surface area (Å²) in [6, 6.07) is 2.07. The number of fused-ring (bicyclic) bond motifs is 1. The SMILES string of the molecule is Cc1cc2c(NCC3(O)CCCCCC3)nc(N)nc2s1. The minimum absolute atomic E-state index is 0.278. The van der Waals surface area contributed by atoms with Gasteiger partial charge in [-0.3, -0.25) is 0 Å². The van der Waals surface area contributed by atoms with Crippen LogP contribution < -0.4 is 11.1 Å². The van der Waals surface area contributed by atoms with Crippen molar-refractivity contribution in [2.75, 3.05) is 17.6 Å². The van der Waals surface area contributed by atoms with E-state index in [4.69, 9.17) is 5.73 Å². The van der Waals surface area contributed by atoms with E-state index in [1.165, 1.54) is 17.7 Å². The Morgan fingerprint density at radius 1 is 1.29 bits per heavy atom. The molecule has 2 heterocycles. The molecule has 0 saturated heterocycles. The smallest absolute Gasteiger partial charge is 0.223 e. The maximum Gasteiger partial charge on any atom is 0.223 e. The molecular weight excluding hydrogens is 284 g/mol. The molecule has 5 nitrogen and oxygen atoms in total. The highest BCUT2D eigenvalue weighted by atomic mass is 32.1. The molecule has 1 fully saturated rings. The van der Waals surface area contributed by atoms with Gasteiger partial charge in [0.15, 0.2) is 0 Å². The van der Waals surface area contributed by atoms with Gasteiger partial charge in [-0.15, -0.1) is 11.3 Å². The summed E-state index contributed by atoms with van der Waals surface area (Å²) in [5.41, 5.74) is 5.15. The molecule has 0 atom stereocenters. The van der Waals surface area contributed by atoms with Crippen molar-refractivity contribution in [2.45, 2.75) is 51.0 Å². The zero-order valence-electron chi connectivity index (χ0n) is 12.4.